The van der Waals surface area contributed by atoms with Crippen LogP contribution in [-0.4, -0.2) is 84.2 Å². The normalized spacial score (nSPS) is 23.8. The largest absolute Gasteiger partial charge is 0.355 e. The summed E-state index contributed by atoms with van der Waals surface area (Å²) in [5.41, 5.74) is 0. The van der Waals surface area contributed by atoms with Gasteiger partial charge in [-0.15, -0.1) is 24.0 Å². The Kier molecular flexibility index (Phi) is 9.37. The van der Waals surface area contributed by atoms with E-state index in [1.165, 1.54) is 18.6 Å². The molecule has 0 amide bonds. The molecule has 2 aliphatic rings. The van der Waals surface area contributed by atoms with Crippen LogP contribution in [0.1, 0.15) is 19.8 Å². The Morgan fingerprint density at radius 3 is 2.59 bits per heavy atom. The Hall–Kier alpha value is -0.810. The number of rotatable bonds is 6. The van der Waals surface area contributed by atoms with E-state index >= 15 is 0 Å². The van der Waals surface area contributed by atoms with Gasteiger partial charge in [0.05, 0.1) is 0 Å². The van der Waals surface area contributed by atoms with Crippen molar-refractivity contribution in [3.05, 3.63) is 18.5 Å². The summed E-state index contributed by atoms with van der Waals surface area (Å²) in [6.07, 6.45) is 6.23. The monoisotopic (exact) mass is 505 g/mol. The van der Waals surface area contributed by atoms with Gasteiger partial charge in [-0.3, -0.25) is 9.89 Å². The van der Waals surface area contributed by atoms with Gasteiger partial charge in [0.1, 0.15) is 0 Å². The minimum Gasteiger partial charge on any atom is -0.355 e. The molecule has 0 radical (unpaired) electrons. The van der Waals surface area contributed by atoms with E-state index in [2.05, 4.69) is 54.1 Å². The Labute approximate surface area is 184 Å². The van der Waals surface area contributed by atoms with E-state index in [0.717, 1.165) is 57.7 Å². The minimum absolute atomic E-state index is 0. The molecule has 0 spiro atoms. The molecule has 1 unspecified atom stereocenters. The van der Waals surface area contributed by atoms with Crippen LogP contribution in [0.25, 0.3) is 0 Å². The number of hydrogen-bond donors (Lipinski definition) is 2. The highest BCUT2D eigenvalue weighted by Gasteiger charge is 2.29. The number of guanidine groups is 1. The first-order chi connectivity index (χ1) is 12.7. The number of halogens is 1. The van der Waals surface area contributed by atoms with E-state index < -0.39 is 0 Å². The molecule has 0 saturated carbocycles. The number of nitrogens with zero attached hydrogens (tertiary/aromatic N) is 5. The second-order valence-corrected chi connectivity index (χ2v) is 8.81. The van der Waals surface area contributed by atoms with Crippen LogP contribution in [0, 0.1) is 0 Å². The number of aliphatic imine (C=N–C) groups is 1. The van der Waals surface area contributed by atoms with Crippen molar-refractivity contribution in [1.82, 2.24) is 25.5 Å². The van der Waals surface area contributed by atoms with Crippen molar-refractivity contribution >= 4 is 47.6 Å². The molecule has 2 N–H and O–H groups in total. The molecule has 7 nitrogen and oxygen atoms in total. The molecule has 9 heteroatoms. The summed E-state index contributed by atoms with van der Waals surface area (Å²) in [5.74, 6) is 3.03. The summed E-state index contributed by atoms with van der Waals surface area (Å²) in [6.45, 7) is 9.30. The maximum Gasteiger partial charge on any atom is 0.225 e. The average Bonchev–Trinajstić information content (AvgIpc) is 3.12. The van der Waals surface area contributed by atoms with Crippen LogP contribution in [0.5, 0.6) is 0 Å². The van der Waals surface area contributed by atoms with Crippen LogP contribution in [0.2, 0.25) is 0 Å². The van der Waals surface area contributed by atoms with Gasteiger partial charge in [-0.2, -0.15) is 11.8 Å². The Balaban J connectivity index is 0.00000261. The lowest BCUT2D eigenvalue weighted by atomic mass is 10.1. The zero-order valence-electron chi connectivity index (χ0n) is 16.4. The molecule has 0 bridgehead atoms. The molecule has 27 heavy (non-hydrogen) atoms. The Morgan fingerprint density at radius 2 is 1.96 bits per heavy atom. The van der Waals surface area contributed by atoms with Gasteiger partial charge in [-0.05, 0) is 31.6 Å². The van der Waals surface area contributed by atoms with Gasteiger partial charge >= 0.3 is 0 Å². The van der Waals surface area contributed by atoms with Crippen LogP contribution in [0.4, 0.5) is 5.95 Å². The predicted molar refractivity (Wildman–Crippen MR) is 126 cm³/mol. The number of anilines is 1. The van der Waals surface area contributed by atoms with E-state index in [1.807, 2.05) is 25.5 Å². The SMILES string of the molecule is CN=C(NCCN1CCN(c2ncccn2)CC1)NCC1(C)CCCS1.I. The number of hydrogen-bond acceptors (Lipinski definition) is 6. The molecule has 1 aromatic heterocycles. The van der Waals surface area contributed by atoms with Crippen LogP contribution >= 0.6 is 35.7 Å². The van der Waals surface area contributed by atoms with E-state index in [4.69, 9.17) is 0 Å². The molecule has 1 atom stereocenters. The molecule has 2 saturated heterocycles. The van der Waals surface area contributed by atoms with E-state index in [0.29, 0.717) is 4.75 Å². The predicted octanol–water partition coefficient (Wildman–Crippen LogP) is 1.67. The number of thioether (sulfide) groups is 1. The topological polar surface area (TPSA) is 68.7 Å². The lowest BCUT2D eigenvalue weighted by Crippen LogP contribution is -2.50. The summed E-state index contributed by atoms with van der Waals surface area (Å²) < 4.78 is 0.355. The van der Waals surface area contributed by atoms with Gasteiger partial charge in [0, 0.05) is 70.0 Å². The van der Waals surface area contributed by atoms with Crippen molar-refractivity contribution in [3.8, 4) is 0 Å². The third kappa shape index (κ3) is 6.94. The third-order valence-electron chi connectivity index (χ3n) is 5.08. The fourth-order valence-electron chi connectivity index (χ4n) is 3.43. The van der Waals surface area contributed by atoms with Crippen LogP contribution in [-0.2, 0) is 0 Å². The summed E-state index contributed by atoms with van der Waals surface area (Å²) in [6, 6.07) is 1.86. The summed E-state index contributed by atoms with van der Waals surface area (Å²) in [5, 5.41) is 6.94. The van der Waals surface area contributed by atoms with E-state index in [-0.39, 0.29) is 24.0 Å². The summed E-state index contributed by atoms with van der Waals surface area (Å²) in [4.78, 5) is 17.8. The first kappa shape index (κ1) is 22.5. The molecule has 3 heterocycles. The van der Waals surface area contributed by atoms with Crippen LogP contribution < -0.4 is 15.5 Å². The smallest absolute Gasteiger partial charge is 0.225 e. The third-order valence-corrected chi connectivity index (χ3v) is 6.62. The highest BCUT2D eigenvalue weighted by atomic mass is 127. The van der Waals surface area contributed by atoms with Crippen molar-refractivity contribution in [1.29, 1.82) is 0 Å². The van der Waals surface area contributed by atoms with Gasteiger partial charge in [0.15, 0.2) is 5.96 Å². The van der Waals surface area contributed by atoms with Gasteiger partial charge in [0.2, 0.25) is 5.95 Å². The highest BCUT2D eigenvalue weighted by Crippen LogP contribution is 2.36. The Bertz CT molecular complexity index is 572. The molecule has 0 aliphatic carbocycles. The highest BCUT2D eigenvalue weighted by molar-refractivity contribution is 14.0. The Morgan fingerprint density at radius 1 is 1.22 bits per heavy atom. The quantitative estimate of drug-likeness (QED) is 0.347. The minimum atomic E-state index is 0. The summed E-state index contributed by atoms with van der Waals surface area (Å²) in [7, 11) is 1.85. The molecule has 2 aliphatic heterocycles. The van der Waals surface area contributed by atoms with Gasteiger partial charge in [-0.1, -0.05) is 0 Å². The number of piperazine rings is 1. The lowest BCUT2D eigenvalue weighted by Gasteiger charge is -2.34. The van der Waals surface area contributed by atoms with Crippen molar-refractivity contribution in [2.45, 2.75) is 24.5 Å². The number of aromatic nitrogens is 2. The van der Waals surface area contributed by atoms with Crippen molar-refractivity contribution in [2.24, 2.45) is 4.99 Å². The second kappa shape index (κ2) is 11.3. The first-order valence-electron chi connectivity index (χ1n) is 9.51. The zero-order chi connectivity index (χ0) is 18.2. The number of nitrogens with one attached hydrogen (secondary N) is 2. The van der Waals surface area contributed by atoms with Gasteiger partial charge < -0.3 is 15.5 Å². The molecule has 152 valence electrons. The maximum absolute atomic E-state index is 4.36. The fraction of sp³-hybridized carbons (Fsp3) is 0.722. The van der Waals surface area contributed by atoms with E-state index in [9.17, 15) is 0 Å². The van der Waals surface area contributed by atoms with Crippen LogP contribution in [0.15, 0.2) is 23.5 Å². The standard InChI is InChI=1S/C18H31N7S.HI/c1-18(5-3-14-26-18)15-23-16(19-2)20-8-9-24-10-12-25(13-11-24)17-21-6-4-7-22-17;/h4,6-7H,3,5,8-15H2,1-2H3,(H2,19,20,23);1H. The van der Waals surface area contributed by atoms with Crippen molar-refractivity contribution < 1.29 is 0 Å². The van der Waals surface area contributed by atoms with Crippen LogP contribution in [0.3, 0.4) is 0 Å². The maximum atomic E-state index is 4.36. The fourth-order valence-corrected chi connectivity index (χ4v) is 4.67. The second-order valence-electron chi connectivity index (χ2n) is 7.13. The van der Waals surface area contributed by atoms with Gasteiger partial charge in [0.25, 0.3) is 0 Å². The first-order valence-corrected chi connectivity index (χ1v) is 10.5. The molecule has 2 fully saturated rings. The van der Waals surface area contributed by atoms with Crippen molar-refractivity contribution in [3.63, 3.8) is 0 Å². The average molecular weight is 505 g/mol. The molecule has 1 aromatic rings. The molecule has 0 aromatic carbocycles. The molecular weight excluding hydrogens is 473 g/mol. The lowest BCUT2D eigenvalue weighted by molar-refractivity contribution is 0.260. The van der Waals surface area contributed by atoms with Gasteiger partial charge in [-0.25, -0.2) is 9.97 Å². The summed E-state index contributed by atoms with van der Waals surface area (Å²) >= 11 is 2.07. The molecule has 3 rings (SSSR count). The molecular formula is C18H32IN7S. The van der Waals surface area contributed by atoms with E-state index in [1.54, 1.807) is 0 Å². The van der Waals surface area contributed by atoms with Crippen molar-refractivity contribution in [2.75, 3.05) is 63.5 Å². The zero-order valence-corrected chi connectivity index (χ0v) is 19.5.